The Morgan fingerprint density at radius 2 is 2.33 bits per heavy atom. The van der Waals surface area contributed by atoms with Crippen molar-refractivity contribution in [1.82, 2.24) is 5.32 Å². The number of halogens is 1. The van der Waals surface area contributed by atoms with Crippen LogP contribution in [0.4, 0.5) is 10.1 Å². The fourth-order valence-corrected chi connectivity index (χ4v) is 1.50. The molecule has 1 rings (SSSR count). The lowest BCUT2D eigenvalue weighted by Crippen LogP contribution is -2.13. The van der Waals surface area contributed by atoms with Crippen molar-refractivity contribution in [2.24, 2.45) is 4.99 Å². The van der Waals surface area contributed by atoms with Crippen molar-refractivity contribution in [3.8, 4) is 6.19 Å². The van der Waals surface area contributed by atoms with E-state index in [-0.39, 0.29) is 11.3 Å². The lowest BCUT2D eigenvalue weighted by atomic mass is 10.2. The summed E-state index contributed by atoms with van der Waals surface area (Å²) >= 11 is 1.19. The Morgan fingerprint density at radius 1 is 1.61 bits per heavy atom. The van der Waals surface area contributed by atoms with E-state index in [1.807, 2.05) is 0 Å². The molecular weight excluding hydrogens is 257 g/mol. The first-order chi connectivity index (χ1) is 8.62. The minimum atomic E-state index is -0.689. The molecule has 0 saturated heterocycles. The molecule has 18 heavy (non-hydrogen) atoms. The molecule has 0 aliphatic heterocycles. The number of thioether (sulfide) groups is 1. The lowest BCUT2D eigenvalue weighted by Gasteiger charge is -2.05. The van der Waals surface area contributed by atoms with Crippen LogP contribution in [-0.4, -0.2) is 24.5 Å². The van der Waals surface area contributed by atoms with E-state index in [1.165, 1.54) is 31.0 Å². The molecule has 1 aromatic rings. The molecule has 1 aromatic carbocycles. The number of esters is 1. The van der Waals surface area contributed by atoms with E-state index in [0.29, 0.717) is 5.17 Å². The summed E-state index contributed by atoms with van der Waals surface area (Å²) in [6.07, 6.45) is 3.43. The SMILES string of the molecule is COC(=O)c1cc(F)ccc1N=C(NC#N)SC. The molecule has 0 spiro atoms. The number of methoxy groups -OCH3 is 1. The van der Waals surface area contributed by atoms with Gasteiger partial charge in [0.1, 0.15) is 5.82 Å². The second-order valence-corrected chi connectivity index (χ2v) is 3.81. The Balaban J connectivity index is 3.23. The van der Waals surface area contributed by atoms with E-state index in [4.69, 9.17) is 5.26 Å². The number of carbonyl (C=O) groups excluding carboxylic acids is 1. The van der Waals surface area contributed by atoms with Crippen LogP contribution in [0.3, 0.4) is 0 Å². The molecule has 0 fully saturated rings. The molecule has 94 valence electrons. The van der Waals surface area contributed by atoms with E-state index in [9.17, 15) is 9.18 Å². The van der Waals surface area contributed by atoms with Crippen LogP contribution in [-0.2, 0) is 4.74 Å². The summed E-state index contributed by atoms with van der Waals surface area (Å²) in [5.41, 5.74) is 0.235. The highest BCUT2D eigenvalue weighted by atomic mass is 32.2. The quantitative estimate of drug-likeness (QED) is 0.292. The number of nitriles is 1. The Hall–Kier alpha value is -2.07. The van der Waals surface area contributed by atoms with Crippen LogP contribution in [0.15, 0.2) is 23.2 Å². The van der Waals surface area contributed by atoms with Gasteiger partial charge in [-0.25, -0.2) is 14.2 Å². The third kappa shape index (κ3) is 3.46. The van der Waals surface area contributed by atoms with Gasteiger partial charge >= 0.3 is 5.97 Å². The smallest absolute Gasteiger partial charge is 0.340 e. The number of ether oxygens (including phenoxy) is 1. The summed E-state index contributed by atoms with van der Waals surface area (Å²) in [6.45, 7) is 0. The van der Waals surface area contributed by atoms with E-state index >= 15 is 0 Å². The molecular formula is C11H10FN3O2S. The molecule has 0 amide bonds. The van der Waals surface area contributed by atoms with Gasteiger partial charge in [0.25, 0.3) is 0 Å². The van der Waals surface area contributed by atoms with Gasteiger partial charge in [-0.3, -0.25) is 5.32 Å². The molecule has 0 aliphatic rings. The maximum atomic E-state index is 13.1. The summed E-state index contributed by atoms with van der Waals surface area (Å²) in [6, 6.07) is 3.56. The third-order valence-electron chi connectivity index (χ3n) is 1.94. The molecule has 0 heterocycles. The van der Waals surface area contributed by atoms with Gasteiger partial charge in [-0.05, 0) is 24.5 Å². The van der Waals surface area contributed by atoms with Gasteiger partial charge in [-0.15, -0.1) is 0 Å². The maximum absolute atomic E-state index is 13.1. The van der Waals surface area contributed by atoms with Gasteiger partial charge in [-0.1, -0.05) is 11.8 Å². The van der Waals surface area contributed by atoms with Crippen LogP contribution < -0.4 is 5.32 Å². The maximum Gasteiger partial charge on any atom is 0.340 e. The highest BCUT2D eigenvalue weighted by Gasteiger charge is 2.13. The zero-order chi connectivity index (χ0) is 13.5. The van der Waals surface area contributed by atoms with Gasteiger partial charge in [0, 0.05) is 0 Å². The monoisotopic (exact) mass is 267 g/mol. The molecule has 1 N–H and O–H groups in total. The number of benzene rings is 1. The molecule has 0 radical (unpaired) electrons. The highest BCUT2D eigenvalue weighted by molar-refractivity contribution is 8.13. The first kappa shape index (κ1) is 14.0. The fourth-order valence-electron chi connectivity index (χ4n) is 1.16. The second-order valence-electron chi connectivity index (χ2n) is 3.01. The zero-order valence-electron chi connectivity index (χ0n) is 9.73. The van der Waals surface area contributed by atoms with Crippen molar-refractivity contribution in [2.75, 3.05) is 13.4 Å². The molecule has 0 bridgehead atoms. The summed E-state index contributed by atoms with van der Waals surface area (Å²) in [7, 11) is 1.20. The van der Waals surface area contributed by atoms with Gasteiger partial charge < -0.3 is 4.74 Å². The largest absolute Gasteiger partial charge is 0.465 e. The van der Waals surface area contributed by atoms with Gasteiger partial charge in [0.15, 0.2) is 11.4 Å². The number of amidine groups is 1. The Kier molecular flexibility index (Phi) is 5.14. The van der Waals surface area contributed by atoms with Gasteiger partial charge in [0.05, 0.1) is 18.4 Å². The van der Waals surface area contributed by atoms with Crippen molar-refractivity contribution >= 4 is 28.6 Å². The van der Waals surface area contributed by atoms with Crippen LogP contribution >= 0.6 is 11.8 Å². The van der Waals surface area contributed by atoms with Crippen LogP contribution in [0.1, 0.15) is 10.4 Å². The number of rotatable bonds is 2. The number of nitrogens with one attached hydrogen (secondary N) is 1. The third-order valence-corrected chi connectivity index (χ3v) is 2.52. The first-order valence-electron chi connectivity index (χ1n) is 4.78. The fraction of sp³-hybridized carbons (Fsp3) is 0.182. The van der Waals surface area contributed by atoms with Crippen LogP contribution in [0, 0.1) is 17.3 Å². The average Bonchev–Trinajstić information content (AvgIpc) is 2.39. The molecule has 0 atom stereocenters. The Bertz CT molecular complexity index is 526. The second kappa shape index (κ2) is 6.61. The van der Waals surface area contributed by atoms with Crippen molar-refractivity contribution in [2.45, 2.75) is 0 Å². The van der Waals surface area contributed by atoms with Crippen LogP contribution in [0.5, 0.6) is 0 Å². The number of aliphatic imine (C=N–C) groups is 1. The summed E-state index contributed by atoms with van der Waals surface area (Å²) in [4.78, 5) is 15.5. The molecule has 5 nitrogen and oxygen atoms in total. The van der Waals surface area contributed by atoms with E-state index < -0.39 is 11.8 Å². The standard InChI is InChI=1S/C11H10FN3O2S/c1-17-10(16)8-5-7(12)3-4-9(8)15-11(18-2)14-6-13/h3-5H,1-2H3,(H,14,15). The zero-order valence-corrected chi connectivity index (χ0v) is 10.5. The predicted octanol–water partition coefficient (Wildman–Crippen LogP) is 2.03. The average molecular weight is 267 g/mol. The minimum Gasteiger partial charge on any atom is -0.465 e. The molecule has 0 aromatic heterocycles. The molecule has 0 aliphatic carbocycles. The lowest BCUT2D eigenvalue weighted by molar-refractivity contribution is 0.0601. The first-order valence-corrected chi connectivity index (χ1v) is 6.00. The van der Waals surface area contributed by atoms with E-state index in [0.717, 1.165) is 6.07 Å². The van der Waals surface area contributed by atoms with Crippen molar-refractivity contribution in [3.63, 3.8) is 0 Å². The van der Waals surface area contributed by atoms with Gasteiger partial charge in [0.2, 0.25) is 0 Å². The van der Waals surface area contributed by atoms with Crippen LogP contribution in [0.25, 0.3) is 0 Å². The number of hydrogen-bond donors (Lipinski definition) is 1. The summed E-state index contributed by atoms with van der Waals surface area (Å²) in [5.74, 6) is -1.25. The number of nitrogens with zero attached hydrogens (tertiary/aromatic N) is 2. The number of carbonyl (C=O) groups is 1. The van der Waals surface area contributed by atoms with E-state index in [2.05, 4.69) is 15.0 Å². The predicted molar refractivity (Wildman–Crippen MR) is 67.1 cm³/mol. The van der Waals surface area contributed by atoms with Crippen molar-refractivity contribution < 1.29 is 13.9 Å². The van der Waals surface area contributed by atoms with Crippen molar-refractivity contribution in [1.29, 1.82) is 5.26 Å². The van der Waals surface area contributed by atoms with Crippen LogP contribution in [0.2, 0.25) is 0 Å². The molecule has 0 unspecified atom stereocenters. The highest BCUT2D eigenvalue weighted by Crippen LogP contribution is 2.22. The summed E-state index contributed by atoms with van der Waals surface area (Å²) < 4.78 is 17.6. The normalized spacial score (nSPS) is 10.7. The topological polar surface area (TPSA) is 74.5 Å². The number of hydrogen-bond acceptors (Lipinski definition) is 5. The molecule has 7 heteroatoms. The molecule has 0 saturated carbocycles. The Labute approximate surface area is 108 Å². The summed E-state index contributed by atoms with van der Waals surface area (Å²) in [5, 5.41) is 11.2. The Morgan fingerprint density at radius 3 is 2.89 bits per heavy atom. The minimum absolute atomic E-state index is 0.00351. The van der Waals surface area contributed by atoms with Crippen molar-refractivity contribution in [3.05, 3.63) is 29.6 Å². The van der Waals surface area contributed by atoms with Gasteiger partial charge in [-0.2, -0.15) is 5.26 Å². The van der Waals surface area contributed by atoms with E-state index in [1.54, 1.807) is 12.4 Å².